The van der Waals surface area contributed by atoms with Crippen molar-refractivity contribution >= 4 is 34.4 Å². The standard InChI is InChI=1S/C30H39N7O/c1-6-32-28-17-24(23-7-8-29(34-18-23)37-13-11-36(5)12-14-37)16-27-26(28)9-10-33-30(27)35-19-25(20-38)21(2)15-22(3)31-4/h7-10,15-18,20,31-32H,6,11-14,19H2,1-5H3,(H,33,35)/b22-15-,25-21-. The molecule has 0 saturated carbocycles. The van der Waals surface area contributed by atoms with Gasteiger partial charge in [0.25, 0.3) is 0 Å². The summed E-state index contributed by atoms with van der Waals surface area (Å²) in [6, 6.07) is 10.6. The highest BCUT2D eigenvalue weighted by atomic mass is 16.1. The average molecular weight is 514 g/mol. The van der Waals surface area contributed by atoms with Crippen molar-refractivity contribution in [1.82, 2.24) is 20.2 Å². The Bertz CT molecular complexity index is 1320. The van der Waals surface area contributed by atoms with E-state index in [1.807, 2.05) is 39.2 Å². The van der Waals surface area contributed by atoms with Crippen molar-refractivity contribution in [3.63, 3.8) is 0 Å². The van der Waals surface area contributed by atoms with E-state index >= 15 is 0 Å². The Morgan fingerprint density at radius 3 is 2.45 bits per heavy atom. The second-order valence-electron chi connectivity index (χ2n) is 9.76. The first-order valence-electron chi connectivity index (χ1n) is 13.2. The Morgan fingerprint density at radius 1 is 1.00 bits per heavy atom. The molecule has 8 heteroatoms. The van der Waals surface area contributed by atoms with Crippen molar-refractivity contribution in [3.8, 4) is 11.1 Å². The van der Waals surface area contributed by atoms with Gasteiger partial charge in [-0.3, -0.25) is 4.79 Å². The number of hydrogen-bond donors (Lipinski definition) is 3. The molecular formula is C30H39N7O. The number of carbonyl (C=O) groups excluding carboxylic acids is 1. The number of nitrogens with zero attached hydrogens (tertiary/aromatic N) is 4. The Balaban J connectivity index is 1.66. The van der Waals surface area contributed by atoms with Crippen molar-refractivity contribution in [2.24, 2.45) is 0 Å². The molecule has 4 rings (SSSR count). The molecule has 1 saturated heterocycles. The molecule has 0 aliphatic carbocycles. The molecule has 3 aromatic rings. The van der Waals surface area contributed by atoms with Gasteiger partial charge in [-0.05, 0) is 75.4 Å². The number of likely N-dealkylation sites (N-methyl/N-ethyl adjacent to an activating group) is 1. The second-order valence-corrected chi connectivity index (χ2v) is 9.76. The largest absolute Gasteiger partial charge is 0.392 e. The fourth-order valence-corrected chi connectivity index (χ4v) is 4.65. The van der Waals surface area contributed by atoms with Gasteiger partial charge in [0.15, 0.2) is 0 Å². The maximum absolute atomic E-state index is 11.8. The summed E-state index contributed by atoms with van der Waals surface area (Å²) >= 11 is 0. The first kappa shape index (κ1) is 27.1. The van der Waals surface area contributed by atoms with Gasteiger partial charge in [0.05, 0.1) is 0 Å². The third-order valence-corrected chi connectivity index (χ3v) is 7.08. The summed E-state index contributed by atoms with van der Waals surface area (Å²) in [7, 11) is 4.03. The zero-order chi connectivity index (χ0) is 27.1. The van der Waals surface area contributed by atoms with E-state index in [1.54, 1.807) is 6.20 Å². The third-order valence-electron chi connectivity index (χ3n) is 7.08. The van der Waals surface area contributed by atoms with Crippen LogP contribution in [0.25, 0.3) is 21.9 Å². The maximum atomic E-state index is 11.8. The Labute approximate surface area is 225 Å². The van der Waals surface area contributed by atoms with E-state index in [-0.39, 0.29) is 0 Å². The van der Waals surface area contributed by atoms with E-state index in [1.165, 1.54) is 0 Å². The predicted octanol–water partition coefficient (Wildman–Crippen LogP) is 4.53. The van der Waals surface area contributed by atoms with Crippen LogP contribution in [0.3, 0.4) is 0 Å². The summed E-state index contributed by atoms with van der Waals surface area (Å²) in [5.74, 6) is 1.76. The fraction of sp³-hybridized carbons (Fsp3) is 0.367. The van der Waals surface area contributed by atoms with Crippen LogP contribution in [0.1, 0.15) is 20.8 Å². The van der Waals surface area contributed by atoms with Crippen molar-refractivity contribution in [3.05, 3.63) is 65.6 Å². The van der Waals surface area contributed by atoms with Gasteiger partial charge in [-0.15, -0.1) is 0 Å². The zero-order valence-corrected chi connectivity index (χ0v) is 23.1. The molecule has 0 bridgehead atoms. The average Bonchev–Trinajstić information content (AvgIpc) is 2.94. The van der Waals surface area contributed by atoms with Crippen LogP contribution >= 0.6 is 0 Å². The molecule has 0 amide bonds. The number of benzene rings is 1. The second kappa shape index (κ2) is 12.6. The van der Waals surface area contributed by atoms with Crippen LogP contribution in [0.2, 0.25) is 0 Å². The molecule has 0 spiro atoms. The lowest BCUT2D eigenvalue weighted by atomic mass is 10.0. The minimum atomic E-state index is 0.386. The molecule has 1 aliphatic heterocycles. The highest BCUT2D eigenvalue weighted by molar-refractivity contribution is 6.03. The van der Waals surface area contributed by atoms with Gasteiger partial charge in [0.2, 0.25) is 0 Å². The predicted molar refractivity (Wildman–Crippen MR) is 159 cm³/mol. The van der Waals surface area contributed by atoms with Gasteiger partial charge in [0, 0.05) is 92.0 Å². The number of carbonyl (C=O) groups is 1. The molecule has 1 aromatic carbocycles. The molecule has 0 unspecified atom stereocenters. The number of anilines is 3. The molecular weight excluding hydrogens is 474 g/mol. The molecule has 0 radical (unpaired) electrons. The van der Waals surface area contributed by atoms with Gasteiger partial charge in [-0.25, -0.2) is 9.97 Å². The van der Waals surface area contributed by atoms with Gasteiger partial charge in [-0.2, -0.15) is 0 Å². The number of aldehydes is 1. The van der Waals surface area contributed by atoms with Crippen LogP contribution in [0.15, 0.2) is 65.6 Å². The van der Waals surface area contributed by atoms with Crippen LogP contribution < -0.4 is 20.9 Å². The summed E-state index contributed by atoms with van der Waals surface area (Å²) in [6.45, 7) is 11.3. The summed E-state index contributed by atoms with van der Waals surface area (Å²) in [4.78, 5) is 26.0. The van der Waals surface area contributed by atoms with Crippen LogP contribution in [-0.2, 0) is 4.79 Å². The van der Waals surface area contributed by atoms with Crippen LogP contribution in [0.5, 0.6) is 0 Å². The first-order chi connectivity index (χ1) is 18.4. The molecule has 1 fully saturated rings. The number of allylic oxidation sites excluding steroid dienone is 3. The number of pyridine rings is 2. The molecule has 0 atom stereocenters. The SMILES string of the molecule is CCNc1cc(-c2ccc(N3CCN(C)CC3)nc2)cc2c(NC/C(C=O)=C(C)/C=C(/C)NC)nccc12. The van der Waals surface area contributed by atoms with E-state index in [9.17, 15) is 4.79 Å². The number of fused-ring (bicyclic) bond motifs is 1. The Morgan fingerprint density at radius 2 is 1.79 bits per heavy atom. The van der Waals surface area contributed by atoms with Crippen molar-refractivity contribution in [2.75, 3.05) is 68.9 Å². The minimum absolute atomic E-state index is 0.386. The van der Waals surface area contributed by atoms with E-state index in [2.05, 4.69) is 69.0 Å². The van der Waals surface area contributed by atoms with Gasteiger partial charge in [-0.1, -0.05) is 0 Å². The molecule has 1 aliphatic rings. The van der Waals surface area contributed by atoms with Crippen LogP contribution in [-0.4, -0.2) is 74.5 Å². The van der Waals surface area contributed by atoms with Gasteiger partial charge < -0.3 is 25.8 Å². The Hall–Kier alpha value is -3.91. The van der Waals surface area contributed by atoms with E-state index < -0.39 is 0 Å². The van der Waals surface area contributed by atoms with E-state index in [0.29, 0.717) is 12.1 Å². The molecule has 8 nitrogen and oxygen atoms in total. The highest BCUT2D eigenvalue weighted by Crippen LogP contribution is 2.34. The highest BCUT2D eigenvalue weighted by Gasteiger charge is 2.16. The smallest absolute Gasteiger partial charge is 0.148 e. The van der Waals surface area contributed by atoms with E-state index in [0.717, 1.165) is 89.5 Å². The number of hydrogen-bond acceptors (Lipinski definition) is 8. The van der Waals surface area contributed by atoms with Crippen molar-refractivity contribution in [1.29, 1.82) is 0 Å². The van der Waals surface area contributed by atoms with Gasteiger partial charge >= 0.3 is 0 Å². The van der Waals surface area contributed by atoms with Crippen molar-refractivity contribution in [2.45, 2.75) is 20.8 Å². The number of nitrogens with one attached hydrogen (secondary N) is 3. The third kappa shape index (κ3) is 6.31. The summed E-state index contributed by atoms with van der Waals surface area (Å²) in [5, 5.41) is 12.1. The van der Waals surface area contributed by atoms with E-state index in [4.69, 9.17) is 4.98 Å². The van der Waals surface area contributed by atoms with Crippen LogP contribution in [0.4, 0.5) is 17.3 Å². The normalized spacial score (nSPS) is 15.3. The summed E-state index contributed by atoms with van der Waals surface area (Å²) < 4.78 is 0. The minimum Gasteiger partial charge on any atom is -0.392 e. The molecule has 38 heavy (non-hydrogen) atoms. The summed E-state index contributed by atoms with van der Waals surface area (Å²) in [5.41, 5.74) is 5.76. The molecule has 200 valence electrons. The lowest BCUT2D eigenvalue weighted by Gasteiger charge is -2.33. The Kier molecular flexibility index (Phi) is 8.97. The molecule has 3 heterocycles. The lowest BCUT2D eigenvalue weighted by Crippen LogP contribution is -2.44. The zero-order valence-electron chi connectivity index (χ0n) is 23.1. The molecule has 2 aromatic heterocycles. The van der Waals surface area contributed by atoms with Gasteiger partial charge in [0.1, 0.15) is 17.9 Å². The maximum Gasteiger partial charge on any atom is 0.148 e. The monoisotopic (exact) mass is 513 g/mol. The number of aromatic nitrogens is 2. The summed E-state index contributed by atoms with van der Waals surface area (Å²) in [6.07, 6.45) is 6.65. The number of rotatable bonds is 10. The fourth-order valence-electron chi connectivity index (χ4n) is 4.65. The molecule has 3 N–H and O–H groups in total. The van der Waals surface area contributed by atoms with Crippen molar-refractivity contribution < 1.29 is 4.79 Å². The quantitative estimate of drug-likeness (QED) is 0.207. The lowest BCUT2D eigenvalue weighted by molar-refractivity contribution is -0.104. The van der Waals surface area contributed by atoms with Crippen LogP contribution in [0, 0.1) is 0 Å². The first-order valence-corrected chi connectivity index (χ1v) is 13.2. The number of piperazine rings is 1. The topological polar surface area (TPSA) is 85.4 Å².